The van der Waals surface area contributed by atoms with Gasteiger partial charge in [-0.3, -0.25) is 19.3 Å². The second-order valence-electron chi connectivity index (χ2n) is 10.3. The quantitative estimate of drug-likeness (QED) is 0.596. The van der Waals surface area contributed by atoms with E-state index in [0.717, 1.165) is 62.4 Å². The van der Waals surface area contributed by atoms with Crippen LogP contribution in [0.5, 0.6) is 0 Å². The van der Waals surface area contributed by atoms with Gasteiger partial charge in [0.05, 0.1) is 5.69 Å². The molecule has 0 bridgehead atoms. The van der Waals surface area contributed by atoms with Gasteiger partial charge in [0.2, 0.25) is 11.8 Å². The zero-order chi connectivity index (χ0) is 24.2. The van der Waals surface area contributed by atoms with Gasteiger partial charge in [0.15, 0.2) is 5.25 Å². The molecule has 0 N–H and O–H groups in total. The number of hydrogen-bond donors (Lipinski definition) is 0. The SMILES string of the molecule is O=C(CN1C(=O)[C@H](C(=O)N2CCCCCC2)Sc2ccccc21)N1CCN(C2CCCCC2)CC1. The van der Waals surface area contributed by atoms with Crippen molar-refractivity contribution in [2.75, 3.05) is 50.7 Å². The first-order chi connectivity index (χ1) is 17.1. The van der Waals surface area contributed by atoms with Crippen molar-refractivity contribution in [3.05, 3.63) is 24.3 Å². The molecular weight excluding hydrogens is 460 g/mol. The van der Waals surface area contributed by atoms with Gasteiger partial charge in [-0.2, -0.15) is 0 Å². The lowest BCUT2D eigenvalue weighted by Crippen LogP contribution is -2.56. The number of rotatable bonds is 4. The third kappa shape index (κ3) is 5.53. The standard InChI is InChI=1S/C27H38N4O3S/c32-24(29-18-16-28(17-19-29)21-10-4-3-5-11-21)20-31-22-12-6-7-13-23(22)35-25(27(31)34)26(33)30-14-8-1-2-9-15-30/h6-7,12-13,21,25H,1-5,8-11,14-20H2/t25-/m0/s1. The van der Waals surface area contributed by atoms with Gasteiger partial charge >= 0.3 is 0 Å². The molecule has 7 nitrogen and oxygen atoms in total. The largest absolute Gasteiger partial charge is 0.341 e. The maximum atomic E-state index is 13.6. The molecule has 2 saturated heterocycles. The lowest BCUT2D eigenvalue weighted by Gasteiger charge is -2.41. The summed E-state index contributed by atoms with van der Waals surface area (Å²) in [5, 5.41) is -0.807. The average Bonchev–Trinajstić information content (AvgIpc) is 3.20. The Morgan fingerprint density at radius 2 is 1.46 bits per heavy atom. The summed E-state index contributed by atoms with van der Waals surface area (Å²) in [4.78, 5) is 49.1. The van der Waals surface area contributed by atoms with E-state index in [0.29, 0.717) is 19.1 Å². The third-order valence-corrected chi connectivity index (χ3v) is 9.32. The number of anilines is 1. The molecule has 35 heavy (non-hydrogen) atoms. The molecule has 1 saturated carbocycles. The molecule has 0 unspecified atom stereocenters. The van der Waals surface area contributed by atoms with Gasteiger partial charge in [-0.05, 0) is 37.8 Å². The van der Waals surface area contributed by atoms with E-state index in [1.807, 2.05) is 34.1 Å². The van der Waals surface area contributed by atoms with Crippen LogP contribution in [0.4, 0.5) is 5.69 Å². The van der Waals surface area contributed by atoms with Crippen LogP contribution in [-0.4, -0.2) is 89.5 Å². The Kier molecular flexibility index (Phi) is 7.97. The monoisotopic (exact) mass is 498 g/mol. The van der Waals surface area contributed by atoms with Crippen LogP contribution in [0.1, 0.15) is 57.8 Å². The predicted molar refractivity (Wildman–Crippen MR) is 139 cm³/mol. The first kappa shape index (κ1) is 24.6. The zero-order valence-corrected chi connectivity index (χ0v) is 21.5. The summed E-state index contributed by atoms with van der Waals surface area (Å²) in [7, 11) is 0. The van der Waals surface area contributed by atoms with Gasteiger partial charge in [0.1, 0.15) is 6.54 Å². The molecule has 3 fully saturated rings. The van der Waals surface area contributed by atoms with E-state index >= 15 is 0 Å². The molecule has 1 atom stereocenters. The zero-order valence-electron chi connectivity index (χ0n) is 20.7. The maximum Gasteiger partial charge on any atom is 0.250 e. The number of fused-ring (bicyclic) bond motifs is 1. The summed E-state index contributed by atoms with van der Waals surface area (Å²) < 4.78 is 0. The van der Waals surface area contributed by atoms with Crippen LogP contribution in [0.15, 0.2) is 29.2 Å². The van der Waals surface area contributed by atoms with Crippen molar-refractivity contribution in [1.29, 1.82) is 0 Å². The van der Waals surface area contributed by atoms with Gasteiger partial charge in [-0.25, -0.2) is 0 Å². The van der Waals surface area contributed by atoms with Gasteiger partial charge in [0, 0.05) is 50.2 Å². The summed E-state index contributed by atoms with van der Waals surface area (Å²) in [6.45, 7) is 4.68. The molecule has 0 aromatic heterocycles. The van der Waals surface area contributed by atoms with E-state index in [2.05, 4.69) is 4.90 Å². The Hall–Kier alpha value is -2.06. The van der Waals surface area contributed by atoms with Crippen molar-refractivity contribution in [1.82, 2.24) is 14.7 Å². The van der Waals surface area contributed by atoms with Gasteiger partial charge in [0.25, 0.3) is 5.91 Å². The van der Waals surface area contributed by atoms with Crippen LogP contribution in [0.3, 0.4) is 0 Å². The fourth-order valence-corrected chi connectivity index (χ4v) is 7.20. The molecule has 0 spiro atoms. The molecule has 3 aliphatic heterocycles. The van der Waals surface area contributed by atoms with E-state index in [4.69, 9.17) is 0 Å². The number of likely N-dealkylation sites (tertiary alicyclic amines) is 1. The Morgan fingerprint density at radius 3 is 2.17 bits per heavy atom. The van der Waals surface area contributed by atoms with Crippen molar-refractivity contribution in [3.8, 4) is 0 Å². The minimum Gasteiger partial charge on any atom is -0.341 e. The molecule has 1 aromatic carbocycles. The highest BCUT2D eigenvalue weighted by molar-refractivity contribution is 8.01. The molecule has 5 rings (SSSR count). The van der Waals surface area contributed by atoms with Gasteiger partial charge in [-0.1, -0.05) is 44.2 Å². The normalized spacial score (nSPS) is 24.7. The fourth-order valence-electron chi connectivity index (χ4n) is 6.01. The molecule has 1 aromatic rings. The first-order valence-corrected chi connectivity index (χ1v) is 14.4. The molecule has 1 aliphatic carbocycles. The highest BCUT2D eigenvalue weighted by atomic mass is 32.2. The molecule has 8 heteroatoms. The fraction of sp³-hybridized carbons (Fsp3) is 0.667. The topological polar surface area (TPSA) is 64.2 Å². The predicted octanol–water partition coefficient (Wildman–Crippen LogP) is 3.37. The van der Waals surface area contributed by atoms with Gasteiger partial charge < -0.3 is 14.7 Å². The molecule has 4 aliphatic rings. The lowest BCUT2D eigenvalue weighted by molar-refractivity contribution is -0.137. The van der Waals surface area contributed by atoms with E-state index in [1.54, 1.807) is 4.90 Å². The number of piperazine rings is 1. The van der Waals surface area contributed by atoms with E-state index in [9.17, 15) is 14.4 Å². The third-order valence-electron chi connectivity index (χ3n) is 8.08. The highest BCUT2D eigenvalue weighted by Gasteiger charge is 2.41. The van der Waals surface area contributed by atoms with Crippen LogP contribution >= 0.6 is 11.8 Å². The molecular formula is C27H38N4O3S. The summed E-state index contributed by atoms with van der Waals surface area (Å²) in [5.74, 6) is -0.378. The minimum absolute atomic E-state index is 0.00359. The molecule has 3 heterocycles. The Morgan fingerprint density at radius 1 is 0.800 bits per heavy atom. The average molecular weight is 499 g/mol. The Labute approximate surface area is 213 Å². The van der Waals surface area contributed by atoms with Crippen molar-refractivity contribution in [2.24, 2.45) is 0 Å². The van der Waals surface area contributed by atoms with Crippen molar-refractivity contribution in [2.45, 2.75) is 74.0 Å². The van der Waals surface area contributed by atoms with Gasteiger partial charge in [-0.15, -0.1) is 11.8 Å². The number of para-hydroxylation sites is 1. The second kappa shape index (κ2) is 11.3. The van der Waals surface area contributed by atoms with Crippen LogP contribution in [-0.2, 0) is 14.4 Å². The van der Waals surface area contributed by atoms with E-state index in [1.165, 1.54) is 43.9 Å². The number of benzene rings is 1. The summed E-state index contributed by atoms with van der Waals surface area (Å²) in [6, 6.07) is 8.33. The van der Waals surface area contributed by atoms with Crippen LogP contribution in [0, 0.1) is 0 Å². The number of amides is 3. The first-order valence-electron chi connectivity index (χ1n) is 13.5. The highest BCUT2D eigenvalue weighted by Crippen LogP contribution is 2.40. The van der Waals surface area contributed by atoms with E-state index < -0.39 is 5.25 Å². The van der Waals surface area contributed by atoms with Crippen LogP contribution in [0.2, 0.25) is 0 Å². The number of thioether (sulfide) groups is 1. The molecule has 190 valence electrons. The van der Waals surface area contributed by atoms with Crippen LogP contribution < -0.4 is 4.90 Å². The number of nitrogens with zero attached hydrogens (tertiary/aromatic N) is 4. The maximum absolute atomic E-state index is 13.6. The van der Waals surface area contributed by atoms with Crippen molar-refractivity contribution < 1.29 is 14.4 Å². The van der Waals surface area contributed by atoms with Crippen LogP contribution in [0.25, 0.3) is 0 Å². The Bertz CT molecular complexity index is 919. The van der Waals surface area contributed by atoms with Crippen molar-refractivity contribution in [3.63, 3.8) is 0 Å². The summed E-state index contributed by atoms with van der Waals surface area (Å²) >= 11 is 1.34. The van der Waals surface area contributed by atoms with Crippen molar-refractivity contribution >= 4 is 35.2 Å². The number of hydrogen-bond acceptors (Lipinski definition) is 5. The molecule has 3 amide bonds. The number of carbonyl (C=O) groups excluding carboxylic acids is 3. The number of carbonyl (C=O) groups is 3. The molecule has 0 radical (unpaired) electrons. The minimum atomic E-state index is -0.807. The Balaban J connectivity index is 1.26. The lowest BCUT2D eigenvalue weighted by atomic mass is 9.94. The summed E-state index contributed by atoms with van der Waals surface area (Å²) in [6.07, 6.45) is 10.8. The second-order valence-corrected chi connectivity index (χ2v) is 11.5. The smallest absolute Gasteiger partial charge is 0.250 e. The summed E-state index contributed by atoms with van der Waals surface area (Å²) in [5.41, 5.74) is 0.747. The van der Waals surface area contributed by atoms with E-state index in [-0.39, 0.29) is 24.3 Å².